The topological polar surface area (TPSA) is 74.8 Å². The lowest BCUT2D eigenvalue weighted by atomic mass is 10.1. The second-order valence-electron chi connectivity index (χ2n) is 5.80. The number of nitrogens with zero attached hydrogens (tertiary/aromatic N) is 1. The van der Waals surface area contributed by atoms with Crippen molar-refractivity contribution >= 4 is 22.5 Å². The second-order valence-corrected chi connectivity index (χ2v) is 5.80. The molecule has 0 bridgehead atoms. The van der Waals surface area contributed by atoms with Crippen LogP contribution in [0.1, 0.15) is 10.4 Å². The van der Waals surface area contributed by atoms with Crippen LogP contribution in [0.4, 0.5) is 5.69 Å². The van der Waals surface area contributed by atoms with E-state index in [1.54, 1.807) is 36.4 Å². The van der Waals surface area contributed by atoms with Crippen molar-refractivity contribution in [2.45, 2.75) is 0 Å². The minimum atomic E-state index is -0.221. The molecular formula is C21H15N3O2. The van der Waals surface area contributed by atoms with Gasteiger partial charge in [0.25, 0.3) is 11.5 Å². The van der Waals surface area contributed by atoms with Crippen LogP contribution in [0.5, 0.6) is 0 Å². The van der Waals surface area contributed by atoms with Gasteiger partial charge in [-0.25, -0.2) is 4.98 Å². The molecule has 0 saturated heterocycles. The average Bonchev–Trinajstić information content (AvgIpc) is 2.69. The molecule has 0 aliphatic carbocycles. The zero-order chi connectivity index (χ0) is 17.9. The molecule has 4 rings (SSSR count). The summed E-state index contributed by atoms with van der Waals surface area (Å²) < 4.78 is 0. The van der Waals surface area contributed by atoms with Crippen molar-refractivity contribution in [3.05, 3.63) is 94.8 Å². The number of benzene rings is 3. The Hall–Kier alpha value is -3.73. The fourth-order valence-electron chi connectivity index (χ4n) is 2.80. The molecule has 126 valence electrons. The van der Waals surface area contributed by atoms with Crippen LogP contribution in [0.15, 0.2) is 83.7 Å². The maximum Gasteiger partial charge on any atom is 0.259 e. The van der Waals surface area contributed by atoms with E-state index in [-0.39, 0.29) is 11.5 Å². The normalized spacial score (nSPS) is 10.6. The van der Waals surface area contributed by atoms with E-state index >= 15 is 0 Å². The van der Waals surface area contributed by atoms with E-state index < -0.39 is 0 Å². The van der Waals surface area contributed by atoms with Crippen molar-refractivity contribution in [3.8, 4) is 11.4 Å². The zero-order valence-corrected chi connectivity index (χ0v) is 13.8. The highest BCUT2D eigenvalue weighted by molar-refractivity contribution is 6.06. The van der Waals surface area contributed by atoms with Gasteiger partial charge < -0.3 is 10.3 Å². The molecule has 0 aliphatic rings. The largest absolute Gasteiger partial charge is 0.321 e. The summed E-state index contributed by atoms with van der Waals surface area (Å²) in [6.07, 6.45) is 0. The smallest absolute Gasteiger partial charge is 0.259 e. The summed E-state index contributed by atoms with van der Waals surface area (Å²) in [6.45, 7) is 0. The molecule has 0 radical (unpaired) electrons. The fourth-order valence-corrected chi connectivity index (χ4v) is 2.80. The van der Waals surface area contributed by atoms with Crippen LogP contribution in [0, 0.1) is 0 Å². The number of anilines is 1. The van der Waals surface area contributed by atoms with Gasteiger partial charge >= 0.3 is 0 Å². The van der Waals surface area contributed by atoms with Crippen LogP contribution in [0.3, 0.4) is 0 Å². The molecule has 26 heavy (non-hydrogen) atoms. The van der Waals surface area contributed by atoms with Crippen LogP contribution in [0.25, 0.3) is 22.3 Å². The standard InChI is InChI=1S/C21H15N3O2/c25-20(14-8-2-1-3-9-14)23-17-12-6-4-10-15(17)19-22-18-13-7-5-11-16(18)21(26)24-19/h1-13H,(H,23,25)(H,22,24,26). The summed E-state index contributed by atoms with van der Waals surface area (Å²) in [4.78, 5) is 32.2. The molecule has 1 heterocycles. The number of hydrogen-bond donors (Lipinski definition) is 2. The lowest BCUT2D eigenvalue weighted by molar-refractivity contribution is 0.102. The van der Waals surface area contributed by atoms with E-state index in [4.69, 9.17) is 0 Å². The summed E-state index contributed by atoms with van der Waals surface area (Å²) in [5.74, 6) is 0.193. The van der Waals surface area contributed by atoms with E-state index in [1.807, 2.05) is 42.5 Å². The van der Waals surface area contributed by atoms with Crippen LogP contribution in [-0.2, 0) is 0 Å². The summed E-state index contributed by atoms with van der Waals surface area (Å²) in [7, 11) is 0. The Morgan fingerprint density at radius 3 is 2.38 bits per heavy atom. The maximum atomic E-state index is 12.5. The van der Waals surface area contributed by atoms with Gasteiger partial charge in [-0.3, -0.25) is 9.59 Å². The van der Waals surface area contributed by atoms with Gasteiger partial charge in [0.1, 0.15) is 5.82 Å². The number of aromatic nitrogens is 2. The molecule has 5 nitrogen and oxygen atoms in total. The molecule has 0 fully saturated rings. The minimum Gasteiger partial charge on any atom is -0.321 e. The number of rotatable bonds is 3. The van der Waals surface area contributed by atoms with Crippen molar-refractivity contribution in [2.75, 3.05) is 5.32 Å². The van der Waals surface area contributed by atoms with Gasteiger partial charge in [0.15, 0.2) is 0 Å². The third-order valence-corrected chi connectivity index (χ3v) is 4.08. The van der Waals surface area contributed by atoms with E-state index in [0.717, 1.165) is 0 Å². The van der Waals surface area contributed by atoms with E-state index in [9.17, 15) is 9.59 Å². The summed E-state index contributed by atoms with van der Waals surface area (Å²) in [5.41, 5.74) is 2.19. The third kappa shape index (κ3) is 2.98. The Kier molecular flexibility index (Phi) is 4.03. The summed E-state index contributed by atoms with van der Waals surface area (Å²) >= 11 is 0. The van der Waals surface area contributed by atoms with Gasteiger partial charge in [-0.2, -0.15) is 0 Å². The Labute approximate surface area is 149 Å². The predicted molar refractivity (Wildman–Crippen MR) is 102 cm³/mol. The molecule has 0 unspecified atom stereocenters. The number of H-pyrrole nitrogens is 1. The van der Waals surface area contributed by atoms with Crippen molar-refractivity contribution in [3.63, 3.8) is 0 Å². The van der Waals surface area contributed by atoms with Crippen LogP contribution >= 0.6 is 0 Å². The summed E-state index contributed by atoms with van der Waals surface area (Å²) in [5, 5.41) is 3.42. The van der Waals surface area contributed by atoms with Crippen LogP contribution in [-0.4, -0.2) is 15.9 Å². The van der Waals surface area contributed by atoms with E-state index in [1.165, 1.54) is 0 Å². The number of nitrogens with one attached hydrogen (secondary N) is 2. The first-order valence-corrected chi connectivity index (χ1v) is 8.17. The third-order valence-electron chi connectivity index (χ3n) is 4.08. The second kappa shape index (κ2) is 6.64. The number of hydrogen-bond acceptors (Lipinski definition) is 3. The molecule has 1 aromatic heterocycles. The van der Waals surface area contributed by atoms with Gasteiger partial charge in [-0.15, -0.1) is 0 Å². The number of aromatic amines is 1. The lowest BCUT2D eigenvalue weighted by Gasteiger charge is -2.11. The van der Waals surface area contributed by atoms with Gasteiger partial charge in [-0.05, 0) is 36.4 Å². The maximum absolute atomic E-state index is 12.5. The fraction of sp³-hybridized carbons (Fsp3) is 0. The molecule has 1 amide bonds. The number of fused-ring (bicyclic) bond motifs is 1. The number of para-hydroxylation sites is 2. The predicted octanol–water partition coefficient (Wildman–Crippen LogP) is 3.84. The molecule has 0 aliphatic heterocycles. The molecule has 3 aromatic carbocycles. The van der Waals surface area contributed by atoms with Crippen molar-refractivity contribution in [1.82, 2.24) is 9.97 Å². The average molecular weight is 341 g/mol. The SMILES string of the molecule is O=C(Nc1ccccc1-c1nc2ccccc2c(=O)[nH]1)c1ccccc1. The lowest BCUT2D eigenvalue weighted by Crippen LogP contribution is -2.14. The number of amides is 1. The van der Waals surface area contributed by atoms with Crippen molar-refractivity contribution in [2.24, 2.45) is 0 Å². The molecule has 4 aromatic rings. The first-order valence-electron chi connectivity index (χ1n) is 8.17. The Balaban J connectivity index is 1.77. The molecule has 0 spiro atoms. The van der Waals surface area contributed by atoms with Gasteiger partial charge in [0.2, 0.25) is 0 Å². The van der Waals surface area contributed by atoms with Gasteiger partial charge in [0.05, 0.1) is 16.6 Å². The van der Waals surface area contributed by atoms with E-state index in [2.05, 4.69) is 15.3 Å². The van der Waals surface area contributed by atoms with Crippen molar-refractivity contribution < 1.29 is 4.79 Å². The molecular weight excluding hydrogens is 326 g/mol. The van der Waals surface area contributed by atoms with Crippen molar-refractivity contribution in [1.29, 1.82) is 0 Å². The van der Waals surface area contributed by atoms with Crippen LogP contribution in [0.2, 0.25) is 0 Å². The van der Waals surface area contributed by atoms with Crippen LogP contribution < -0.4 is 10.9 Å². The Morgan fingerprint density at radius 1 is 0.846 bits per heavy atom. The van der Waals surface area contributed by atoms with Gasteiger partial charge in [0, 0.05) is 11.1 Å². The molecule has 5 heteroatoms. The molecule has 0 saturated carbocycles. The quantitative estimate of drug-likeness (QED) is 0.594. The summed E-state index contributed by atoms with van der Waals surface area (Å²) in [6, 6.07) is 23.4. The number of carbonyl (C=O) groups is 1. The minimum absolute atomic E-state index is 0.213. The molecule has 0 atom stereocenters. The Morgan fingerprint density at radius 2 is 1.54 bits per heavy atom. The highest BCUT2D eigenvalue weighted by Gasteiger charge is 2.12. The Bertz CT molecular complexity index is 1150. The van der Waals surface area contributed by atoms with Gasteiger partial charge in [-0.1, -0.05) is 42.5 Å². The monoisotopic (exact) mass is 341 g/mol. The highest BCUT2D eigenvalue weighted by atomic mass is 16.1. The molecule has 2 N–H and O–H groups in total. The first kappa shape index (κ1) is 15.8. The highest BCUT2D eigenvalue weighted by Crippen LogP contribution is 2.25. The zero-order valence-electron chi connectivity index (χ0n) is 13.8. The van der Waals surface area contributed by atoms with E-state index in [0.29, 0.717) is 33.5 Å². The first-order chi connectivity index (χ1) is 12.7. The number of carbonyl (C=O) groups excluding carboxylic acids is 1.